The number of hydrogen-bond donors (Lipinski definition) is 2. The van der Waals surface area contributed by atoms with Gasteiger partial charge in [-0.2, -0.15) is 0 Å². The van der Waals surface area contributed by atoms with Crippen LogP contribution < -0.4 is 15.5 Å². The monoisotopic (exact) mass is 411 g/mol. The molecule has 8 heteroatoms. The van der Waals surface area contributed by atoms with Gasteiger partial charge in [0.15, 0.2) is 5.82 Å². The molecule has 2 N–H and O–H groups in total. The van der Waals surface area contributed by atoms with Gasteiger partial charge >= 0.3 is 11.8 Å². The summed E-state index contributed by atoms with van der Waals surface area (Å²) in [5.41, 5.74) is 3.82. The summed E-state index contributed by atoms with van der Waals surface area (Å²) in [4.78, 5) is 29.3. The number of benzene rings is 1. The number of likely N-dealkylation sites (tertiary alicyclic amines) is 1. The fourth-order valence-electron chi connectivity index (χ4n) is 4.35. The number of piperidine rings is 1. The van der Waals surface area contributed by atoms with Crippen LogP contribution in [0.1, 0.15) is 42.2 Å². The molecule has 160 valence electrons. The van der Waals surface area contributed by atoms with Crippen LogP contribution in [-0.2, 0) is 16.0 Å². The smallest absolute Gasteiger partial charge is 0.314 e. The number of rotatable bonds is 5. The normalized spacial score (nSPS) is 17.5. The van der Waals surface area contributed by atoms with E-state index in [9.17, 15) is 9.59 Å². The zero-order valence-electron chi connectivity index (χ0n) is 17.6. The molecule has 1 saturated heterocycles. The summed E-state index contributed by atoms with van der Waals surface area (Å²) in [6.07, 6.45) is 4.59. The quantitative estimate of drug-likeness (QED) is 0.734. The Morgan fingerprint density at radius 1 is 1.13 bits per heavy atom. The number of hydrogen-bond acceptors (Lipinski definition) is 6. The van der Waals surface area contributed by atoms with Gasteiger partial charge in [-0.3, -0.25) is 19.8 Å². The Morgan fingerprint density at radius 3 is 2.67 bits per heavy atom. The van der Waals surface area contributed by atoms with Gasteiger partial charge in [-0.15, -0.1) is 0 Å². The molecule has 0 spiro atoms. The van der Waals surface area contributed by atoms with Gasteiger partial charge in [-0.1, -0.05) is 23.7 Å². The van der Waals surface area contributed by atoms with Gasteiger partial charge in [-0.05, 0) is 56.5 Å². The van der Waals surface area contributed by atoms with Crippen LogP contribution in [0.15, 0.2) is 28.8 Å². The number of carbonyl (C=O) groups is 2. The number of nitrogens with one attached hydrogen (secondary N) is 2. The number of aromatic nitrogens is 1. The molecule has 0 unspecified atom stereocenters. The summed E-state index contributed by atoms with van der Waals surface area (Å²) < 4.78 is 4.92. The Balaban J connectivity index is 1.45. The summed E-state index contributed by atoms with van der Waals surface area (Å²) in [5, 5.41) is 8.98. The molecule has 3 heterocycles. The maximum Gasteiger partial charge on any atom is 0.314 e. The van der Waals surface area contributed by atoms with E-state index in [0.29, 0.717) is 12.3 Å². The Labute approximate surface area is 176 Å². The standard InChI is InChI=1S/C22H29N5O3/c1-15-12-20(25-30-15)24-22(29)21(28)23-14-19(27-9-4-3-5-10-27)16-6-7-18-17(13-16)8-11-26(18)2/h6-7,12-13,19H,3-5,8-11,14H2,1-2H3,(H,23,28)(H,24,25,29)/t19-/m0/s1. The lowest BCUT2D eigenvalue weighted by Crippen LogP contribution is -2.43. The molecule has 1 fully saturated rings. The van der Waals surface area contributed by atoms with Crippen molar-refractivity contribution < 1.29 is 14.1 Å². The molecule has 0 aliphatic carbocycles. The zero-order valence-corrected chi connectivity index (χ0v) is 17.6. The van der Waals surface area contributed by atoms with Crippen LogP contribution in [0.5, 0.6) is 0 Å². The third-order valence-corrected chi connectivity index (χ3v) is 5.98. The molecule has 0 saturated carbocycles. The van der Waals surface area contributed by atoms with Crippen molar-refractivity contribution in [3.8, 4) is 0 Å². The topological polar surface area (TPSA) is 90.7 Å². The van der Waals surface area contributed by atoms with Gasteiger partial charge in [0.25, 0.3) is 0 Å². The molecule has 0 radical (unpaired) electrons. The maximum atomic E-state index is 12.4. The summed E-state index contributed by atoms with van der Waals surface area (Å²) in [6.45, 7) is 5.15. The Bertz CT molecular complexity index is 919. The number of likely N-dealkylation sites (N-methyl/N-ethyl adjacent to an activating group) is 1. The molecule has 4 rings (SSSR count). The highest BCUT2D eigenvalue weighted by Gasteiger charge is 2.26. The highest BCUT2D eigenvalue weighted by atomic mass is 16.5. The van der Waals surface area contributed by atoms with E-state index in [0.717, 1.165) is 38.9 Å². The van der Waals surface area contributed by atoms with Gasteiger partial charge < -0.3 is 14.7 Å². The molecular formula is C22H29N5O3. The number of fused-ring (bicyclic) bond motifs is 1. The van der Waals surface area contributed by atoms with Crippen molar-refractivity contribution in [1.29, 1.82) is 0 Å². The van der Waals surface area contributed by atoms with Crippen molar-refractivity contribution in [2.45, 2.75) is 38.6 Å². The fraction of sp³-hybridized carbons (Fsp3) is 0.500. The van der Waals surface area contributed by atoms with E-state index in [1.807, 2.05) is 0 Å². The van der Waals surface area contributed by atoms with Gasteiger partial charge in [0, 0.05) is 31.9 Å². The van der Waals surface area contributed by atoms with Crippen LogP contribution in [0.2, 0.25) is 0 Å². The lowest BCUT2D eigenvalue weighted by molar-refractivity contribution is -0.136. The van der Waals surface area contributed by atoms with E-state index in [2.05, 4.69) is 50.8 Å². The first-order valence-corrected chi connectivity index (χ1v) is 10.6. The minimum atomic E-state index is -0.740. The average Bonchev–Trinajstić information content (AvgIpc) is 3.33. The van der Waals surface area contributed by atoms with E-state index in [1.165, 1.54) is 23.2 Å². The van der Waals surface area contributed by atoms with Gasteiger partial charge in [0.2, 0.25) is 0 Å². The first-order chi connectivity index (χ1) is 14.5. The van der Waals surface area contributed by atoms with Crippen LogP contribution in [0, 0.1) is 6.92 Å². The van der Waals surface area contributed by atoms with Gasteiger partial charge in [0.1, 0.15) is 5.76 Å². The van der Waals surface area contributed by atoms with E-state index in [-0.39, 0.29) is 11.9 Å². The zero-order chi connectivity index (χ0) is 21.1. The predicted octanol–water partition coefficient (Wildman–Crippen LogP) is 2.26. The molecule has 2 aliphatic rings. The molecule has 2 aromatic rings. The van der Waals surface area contributed by atoms with Crippen LogP contribution in [-0.4, -0.2) is 55.1 Å². The molecule has 30 heavy (non-hydrogen) atoms. The van der Waals surface area contributed by atoms with Crippen molar-refractivity contribution in [1.82, 2.24) is 15.4 Å². The molecule has 1 aromatic heterocycles. The molecular weight excluding hydrogens is 382 g/mol. The summed E-state index contributed by atoms with van der Waals surface area (Å²) in [6, 6.07) is 8.22. The molecule has 2 aliphatic heterocycles. The van der Waals surface area contributed by atoms with E-state index < -0.39 is 11.8 Å². The summed E-state index contributed by atoms with van der Waals surface area (Å²) >= 11 is 0. The van der Waals surface area contributed by atoms with Crippen molar-refractivity contribution in [3.05, 3.63) is 41.2 Å². The van der Waals surface area contributed by atoms with E-state index >= 15 is 0 Å². The second-order valence-corrected chi connectivity index (χ2v) is 8.16. The molecule has 8 nitrogen and oxygen atoms in total. The largest absolute Gasteiger partial charge is 0.374 e. The average molecular weight is 412 g/mol. The Kier molecular flexibility index (Phi) is 6.03. The Hall–Kier alpha value is -2.87. The first kappa shape index (κ1) is 20.4. The molecule has 1 aromatic carbocycles. The number of nitrogens with zero attached hydrogens (tertiary/aromatic N) is 3. The highest BCUT2D eigenvalue weighted by molar-refractivity contribution is 6.39. The van der Waals surface area contributed by atoms with Crippen LogP contribution in [0.4, 0.5) is 11.5 Å². The summed E-state index contributed by atoms with van der Waals surface area (Å²) in [5.74, 6) is -0.601. The third kappa shape index (κ3) is 4.48. The maximum absolute atomic E-state index is 12.4. The van der Waals surface area contributed by atoms with Crippen molar-refractivity contribution in [3.63, 3.8) is 0 Å². The van der Waals surface area contributed by atoms with Crippen molar-refractivity contribution in [2.75, 3.05) is 43.4 Å². The second-order valence-electron chi connectivity index (χ2n) is 8.16. The third-order valence-electron chi connectivity index (χ3n) is 5.98. The molecule has 2 amide bonds. The van der Waals surface area contributed by atoms with Crippen LogP contribution in [0.25, 0.3) is 0 Å². The Morgan fingerprint density at radius 2 is 1.93 bits per heavy atom. The summed E-state index contributed by atoms with van der Waals surface area (Å²) in [7, 11) is 2.11. The van der Waals surface area contributed by atoms with Crippen molar-refractivity contribution >= 4 is 23.3 Å². The predicted molar refractivity (Wildman–Crippen MR) is 114 cm³/mol. The SMILES string of the molecule is Cc1cc(NC(=O)C(=O)NC[C@@H](c2ccc3c(c2)CCN3C)N2CCCCC2)no1. The number of anilines is 2. The first-order valence-electron chi connectivity index (χ1n) is 10.6. The van der Waals surface area contributed by atoms with Gasteiger partial charge in [0.05, 0.1) is 6.04 Å². The number of carbonyl (C=O) groups excluding carboxylic acids is 2. The minimum absolute atomic E-state index is 0.0487. The van der Waals surface area contributed by atoms with E-state index in [1.54, 1.807) is 13.0 Å². The number of aryl methyl sites for hydroxylation is 1. The van der Waals surface area contributed by atoms with Crippen LogP contribution in [0.3, 0.4) is 0 Å². The highest BCUT2D eigenvalue weighted by Crippen LogP contribution is 2.32. The second kappa shape index (κ2) is 8.87. The minimum Gasteiger partial charge on any atom is -0.374 e. The lowest BCUT2D eigenvalue weighted by Gasteiger charge is -2.35. The lowest BCUT2D eigenvalue weighted by atomic mass is 9.98. The molecule has 1 atom stereocenters. The van der Waals surface area contributed by atoms with Gasteiger partial charge in [-0.25, -0.2) is 0 Å². The van der Waals surface area contributed by atoms with E-state index in [4.69, 9.17) is 4.52 Å². The molecule has 0 bridgehead atoms. The fourth-order valence-corrected chi connectivity index (χ4v) is 4.35. The number of amides is 2. The van der Waals surface area contributed by atoms with Crippen molar-refractivity contribution in [2.24, 2.45) is 0 Å². The van der Waals surface area contributed by atoms with Crippen LogP contribution >= 0.6 is 0 Å².